The highest BCUT2D eigenvalue weighted by Crippen LogP contribution is 2.30. The third-order valence-electron chi connectivity index (χ3n) is 4.02. The predicted octanol–water partition coefficient (Wildman–Crippen LogP) is 3.04. The molecule has 144 valence electrons. The normalized spacial score (nSPS) is 10.4. The topological polar surface area (TPSA) is 103 Å². The molecule has 3 aromatic heterocycles. The zero-order valence-electron chi connectivity index (χ0n) is 15.9. The summed E-state index contributed by atoms with van der Waals surface area (Å²) in [5.41, 5.74) is 2.92. The highest BCUT2D eigenvalue weighted by atomic mass is 16.5. The van der Waals surface area contributed by atoms with Gasteiger partial charge in [0, 0.05) is 36.0 Å². The molecule has 0 aliphatic heterocycles. The Morgan fingerprint density at radius 1 is 1.25 bits per heavy atom. The molecule has 0 amide bonds. The second-order valence-corrected chi connectivity index (χ2v) is 6.32. The van der Waals surface area contributed by atoms with Gasteiger partial charge in [-0.1, -0.05) is 0 Å². The third kappa shape index (κ3) is 4.48. The molecule has 0 aliphatic rings. The van der Waals surface area contributed by atoms with Gasteiger partial charge in [-0.05, 0) is 31.5 Å². The molecular formula is C19H22N7O2+. The highest BCUT2D eigenvalue weighted by Gasteiger charge is 2.12. The number of H-pyrrole nitrogens is 1. The van der Waals surface area contributed by atoms with Crippen molar-refractivity contribution in [2.75, 3.05) is 23.8 Å². The Hall–Kier alpha value is -3.80. The Bertz CT molecular complexity index is 1020. The lowest BCUT2D eigenvalue weighted by Gasteiger charge is -2.12. The molecule has 0 aromatic carbocycles. The number of hydrogen-bond donors (Lipinski definition) is 4. The maximum atomic E-state index is 9.65. The van der Waals surface area contributed by atoms with Crippen LogP contribution in [0.2, 0.25) is 0 Å². The van der Waals surface area contributed by atoms with E-state index in [9.17, 15) is 5.21 Å². The second-order valence-electron chi connectivity index (χ2n) is 6.32. The number of anilines is 3. The summed E-state index contributed by atoms with van der Waals surface area (Å²) >= 11 is 0. The Balaban J connectivity index is 1.66. The fourth-order valence-corrected chi connectivity index (χ4v) is 2.58. The maximum Gasteiger partial charge on any atom is 0.264 e. The first-order chi connectivity index (χ1) is 13.5. The lowest BCUT2D eigenvalue weighted by Crippen LogP contribution is -2.33. The first-order valence-electron chi connectivity index (χ1n) is 8.72. The Labute approximate surface area is 162 Å². The van der Waals surface area contributed by atoms with Gasteiger partial charge < -0.3 is 15.4 Å². The van der Waals surface area contributed by atoms with Crippen LogP contribution >= 0.6 is 0 Å². The summed E-state index contributed by atoms with van der Waals surface area (Å²) in [6, 6.07) is 7.23. The molecular weight excluding hydrogens is 358 g/mol. The predicted molar refractivity (Wildman–Crippen MR) is 104 cm³/mol. The molecule has 0 fully saturated rings. The number of pyridine rings is 2. The van der Waals surface area contributed by atoms with Crippen molar-refractivity contribution in [2.24, 2.45) is 0 Å². The molecule has 0 aliphatic carbocycles. The average Bonchev–Trinajstić information content (AvgIpc) is 3.06. The van der Waals surface area contributed by atoms with Gasteiger partial charge in [-0.2, -0.15) is 5.10 Å². The summed E-state index contributed by atoms with van der Waals surface area (Å²) < 4.78 is 6.63. The van der Waals surface area contributed by atoms with Crippen molar-refractivity contribution in [1.82, 2.24) is 15.2 Å². The highest BCUT2D eigenvalue weighted by molar-refractivity contribution is 5.73. The number of ether oxygens (including phenoxy) is 1. The Morgan fingerprint density at radius 3 is 2.75 bits per heavy atom. The third-order valence-corrected chi connectivity index (χ3v) is 4.02. The quantitative estimate of drug-likeness (QED) is 0.217. The number of nitrogens with one attached hydrogen (secondary N) is 3. The molecule has 3 heterocycles. The molecule has 28 heavy (non-hydrogen) atoms. The van der Waals surface area contributed by atoms with Gasteiger partial charge in [0.15, 0.2) is 11.6 Å². The SMILES string of the molecule is [C-]#[N+]c1c(C)cc(Nc2cc(C)[nH]n2)nc1NCCOc1ccc(C)[n+](O)c1. The minimum absolute atomic E-state index is 0.345. The van der Waals surface area contributed by atoms with Crippen LogP contribution in [0.5, 0.6) is 5.75 Å². The van der Waals surface area contributed by atoms with E-state index in [1.54, 1.807) is 19.1 Å². The van der Waals surface area contributed by atoms with Crippen molar-refractivity contribution in [3.8, 4) is 5.75 Å². The summed E-state index contributed by atoms with van der Waals surface area (Å²) in [6.07, 6.45) is 1.50. The molecule has 4 N–H and O–H groups in total. The molecule has 0 saturated carbocycles. The average molecular weight is 380 g/mol. The summed E-state index contributed by atoms with van der Waals surface area (Å²) in [6.45, 7) is 13.8. The van der Waals surface area contributed by atoms with Crippen LogP contribution in [0.1, 0.15) is 17.0 Å². The van der Waals surface area contributed by atoms with Gasteiger partial charge in [0.2, 0.25) is 11.4 Å². The second kappa shape index (κ2) is 8.26. The molecule has 0 unspecified atom stereocenters. The zero-order valence-corrected chi connectivity index (χ0v) is 15.9. The van der Waals surface area contributed by atoms with Crippen LogP contribution < -0.4 is 20.1 Å². The van der Waals surface area contributed by atoms with E-state index in [4.69, 9.17) is 11.3 Å². The fourth-order valence-electron chi connectivity index (χ4n) is 2.58. The number of aromatic amines is 1. The van der Waals surface area contributed by atoms with E-state index >= 15 is 0 Å². The first kappa shape index (κ1) is 19.0. The fraction of sp³-hybridized carbons (Fsp3) is 0.263. The number of rotatable bonds is 7. The molecule has 9 heteroatoms. The monoisotopic (exact) mass is 380 g/mol. The van der Waals surface area contributed by atoms with Crippen LogP contribution in [0.3, 0.4) is 0 Å². The number of aryl methyl sites for hydroxylation is 3. The molecule has 0 atom stereocenters. The lowest BCUT2D eigenvalue weighted by atomic mass is 10.2. The van der Waals surface area contributed by atoms with E-state index in [2.05, 4.69) is 30.7 Å². The summed E-state index contributed by atoms with van der Waals surface area (Å²) in [4.78, 5) is 8.07. The van der Waals surface area contributed by atoms with Crippen molar-refractivity contribution in [3.63, 3.8) is 0 Å². The molecule has 0 saturated heterocycles. The van der Waals surface area contributed by atoms with Crippen LogP contribution in [0.4, 0.5) is 23.1 Å². The molecule has 9 nitrogen and oxygen atoms in total. The van der Waals surface area contributed by atoms with Crippen LogP contribution in [0.25, 0.3) is 4.85 Å². The van der Waals surface area contributed by atoms with Crippen molar-refractivity contribution in [3.05, 3.63) is 58.8 Å². The van der Waals surface area contributed by atoms with Gasteiger partial charge in [0.25, 0.3) is 6.20 Å². The van der Waals surface area contributed by atoms with E-state index < -0.39 is 0 Å². The molecule has 0 spiro atoms. The zero-order chi connectivity index (χ0) is 20.1. The van der Waals surface area contributed by atoms with Gasteiger partial charge >= 0.3 is 0 Å². The summed E-state index contributed by atoms with van der Waals surface area (Å²) in [5, 5.41) is 22.9. The molecule has 0 radical (unpaired) electrons. The Kier molecular flexibility index (Phi) is 5.60. The van der Waals surface area contributed by atoms with E-state index in [0.29, 0.717) is 47.7 Å². The van der Waals surface area contributed by atoms with Crippen LogP contribution in [0.15, 0.2) is 30.5 Å². The number of nitrogens with zero attached hydrogens (tertiary/aromatic N) is 4. The van der Waals surface area contributed by atoms with Gasteiger partial charge in [0.1, 0.15) is 18.2 Å². The smallest absolute Gasteiger partial charge is 0.264 e. The van der Waals surface area contributed by atoms with Gasteiger partial charge in [0.05, 0.1) is 6.57 Å². The number of hydrogen-bond acceptors (Lipinski definition) is 6. The van der Waals surface area contributed by atoms with Crippen molar-refractivity contribution < 1.29 is 14.7 Å². The van der Waals surface area contributed by atoms with Gasteiger partial charge in [-0.3, -0.25) is 10.3 Å². The number of aromatic nitrogens is 4. The molecule has 3 aromatic rings. The van der Waals surface area contributed by atoms with Crippen molar-refractivity contribution in [1.29, 1.82) is 0 Å². The van der Waals surface area contributed by atoms with Crippen LogP contribution in [-0.4, -0.2) is 33.5 Å². The largest absolute Gasteiger partial charge is 0.485 e. The maximum absolute atomic E-state index is 9.65. The van der Waals surface area contributed by atoms with E-state index in [-0.39, 0.29) is 0 Å². The van der Waals surface area contributed by atoms with Crippen LogP contribution in [-0.2, 0) is 0 Å². The summed E-state index contributed by atoms with van der Waals surface area (Å²) in [5.74, 6) is 2.29. The first-order valence-corrected chi connectivity index (χ1v) is 8.72. The van der Waals surface area contributed by atoms with E-state index in [1.807, 2.05) is 26.0 Å². The van der Waals surface area contributed by atoms with Gasteiger partial charge in [-0.25, -0.2) is 9.83 Å². The standard InChI is InChI=1S/C19H22N7O2/c1-12-9-16(22-17-10-13(2)24-25-17)23-19(18(12)20-4)21-7-8-28-15-6-5-14(3)26(27)11-15/h5-6,9-11,27H,7-8H2,1-3H3,(H3,21,22,23,24,25)/q+1. The van der Waals surface area contributed by atoms with E-state index in [1.165, 1.54) is 6.20 Å². The Morgan fingerprint density at radius 2 is 2.07 bits per heavy atom. The van der Waals surface area contributed by atoms with Crippen molar-refractivity contribution in [2.45, 2.75) is 20.8 Å². The van der Waals surface area contributed by atoms with Crippen LogP contribution in [0, 0.1) is 27.3 Å². The van der Waals surface area contributed by atoms with Gasteiger partial charge in [-0.15, -0.1) is 0 Å². The minimum atomic E-state index is 0.345. The summed E-state index contributed by atoms with van der Waals surface area (Å²) in [7, 11) is 0. The molecule has 3 rings (SSSR count). The van der Waals surface area contributed by atoms with Crippen molar-refractivity contribution >= 4 is 23.1 Å². The lowest BCUT2D eigenvalue weighted by molar-refractivity contribution is -0.908. The minimum Gasteiger partial charge on any atom is -0.485 e. The van der Waals surface area contributed by atoms with E-state index in [0.717, 1.165) is 16.0 Å². The molecule has 0 bridgehead atoms.